The lowest BCUT2D eigenvalue weighted by atomic mass is 10.0. The molecule has 0 spiro atoms. The van der Waals surface area contributed by atoms with Gasteiger partial charge in [-0.1, -0.05) is 6.07 Å². The number of hydrogen-bond acceptors (Lipinski definition) is 10. The molecule has 0 N–H and O–H groups in total. The summed E-state index contributed by atoms with van der Waals surface area (Å²) in [5.74, 6) is 2.08. The third kappa shape index (κ3) is 4.98. The molecule has 11 heteroatoms. The number of carbonyl (C=O) groups is 2. The zero-order valence-corrected chi connectivity index (χ0v) is 22.2. The van der Waals surface area contributed by atoms with Crippen molar-refractivity contribution in [2.24, 2.45) is 0 Å². The van der Waals surface area contributed by atoms with Gasteiger partial charge in [-0.3, -0.25) is 9.59 Å². The number of aryl methyl sites for hydroxylation is 1. The minimum atomic E-state index is -0.829. The van der Waals surface area contributed by atoms with Gasteiger partial charge in [0.15, 0.2) is 0 Å². The molecule has 0 saturated carbocycles. The molecular weight excluding hydrogens is 488 g/mol. The minimum absolute atomic E-state index is 0.000780. The summed E-state index contributed by atoms with van der Waals surface area (Å²) in [4.78, 5) is 45.1. The van der Waals surface area contributed by atoms with Crippen LogP contribution >= 0.6 is 0 Å². The number of methoxy groups -OCH3 is 1. The molecule has 2 aromatic rings. The number of hydrogen-bond donors (Lipinski definition) is 0. The van der Waals surface area contributed by atoms with Crippen LogP contribution in [0.3, 0.4) is 0 Å². The van der Waals surface area contributed by atoms with Crippen molar-refractivity contribution in [1.82, 2.24) is 19.9 Å². The van der Waals surface area contributed by atoms with Crippen LogP contribution in [0.1, 0.15) is 46.8 Å². The van der Waals surface area contributed by atoms with E-state index >= 15 is 0 Å². The van der Waals surface area contributed by atoms with Crippen molar-refractivity contribution >= 4 is 24.1 Å². The van der Waals surface area contributed by atoms with Crippen molar-refractivity contribution in [3.05, 3.63) is 59.1 Å². The van der Waals surface area contributed by atoms with Crippen LogP contribution in [0.5, 0.6) is 0 Å². The number of amides is 1. The van der Waals surface area contributed by atoms with Gasteiger partial charge < -0.3 is 24.2 Å². The molecule has 2 atom stereocenters. The van der Waals surface area contributed by atoms with Gasteiger partial charge in [0.05, 0.1) is 13.2 Å². The third-order valence-electron chi connectivity index (χ3n) is 7.52. The topological polar surface area (TPSA) is 101 Å². The van der Waals surface area contributed by atoms with Crippen LogP contribution in [0.4, 0.5) is 11.8 Å². The highest BCUT2D eigenvalue weighted by Crippen LogP contribution is 2.41. The zero-order valence-electron chi connectivity index (χ0n) is 22.2. The molecule has 38 heavy (non-hydrogen) atoms. The number of carbonyl (C=O) groups excluding carboxylic acids is 2. The number of benzene rings is 1. The van der Waals surface area contributed by atoms with Crippen molar-refractivity contribution in [3.63, 3.8) is 0 Å². The molecule has 3 aliphatic rings. The van der Waals surface area contributed by atoms with Gasteiger partial charge in [-0.05, 0) is 55.0 Å². The molecule has 0 radical (unpaired) electrons. The van der Waals surface area contributed by atoms with Gasteiger partial charge in [0.2, 0.25) is 11.8 Å². The first kappa shape index (κ1) is 25.8. The van der Waals surface area contributed by atoms with E-state index in [2.05, 4.69) is 14.9 Å². The lowest BCUT2D eigenvalue weighted by Gasteiger charge is -2.37. The van der Waals surface area contributed by atoms with E-state index in [0.29, 0.717) is 23.9 Å². The molecule has 1 aromatic carbocycles. The maximum atomic E-state index is 13.5. The number of hydroxylamine groups is 2. The van der Waals surface area contributed by atoms with Gasteiger partial charge in [0.1, 0.15) is 5.82 Å². The van der Waals surface area contributed by atoms with E-state index in [4.69, 9.17) is 14.3 Å². The largest absolute Gasteiger partial charge is 0.481 e. The first-order valence-corrected chi connectivity index (χ1v) is 12.9. The Kier molecular flexibility index (Phi) is 7.37. The zero-order chi connectivity index (χ0) is 26.8. The second-order valence-electron chi connectivity index (χ2n) is 9.95. The Morgan fingerprint density at radius 3 is 2.66 bits per heavy atom. The van der Waals surface area contributed by atoms with Crippen LogP contribution in [0.15, 0.2) is 42.4 Å². The van der Waals surface area contributed by atoms with Crippen LogP contribution in [-0.4, -0.2) is 86.0 Å². The van der Waals surface area contributed by atoms with E-state index in [9.17, 15) is 9.59 Å². The number of anilines is 2. The number of aromatic nitrogens is 2. The second-order valence-corrected chi connectivity index (χ2v) is 9.95. The molecule has 5 rings (SSSR count). The minimum Gasteiger partial charge on any atom is -0.481 e. The Hall–Kier alpha value is -3.86. The lowest BCUT2D eigenvalue weighted by Crippen LogP contribution is -2.46. The SMILES string of the molecule is COC1=CC(OC=O)ON1[C@@H]1CCc2ccc(C(=O)N(C)C3CCN(c4ccnc(N(C)C)n4)CC3)cc21. The fraction of sp³-hybridized carbons (Fsp3) is 0.481. The Morgan fingerprint density at radius 1 is 1.16 bits per heavy atom. The van der Waals surface area contributed by atoms with Crippen molar-refractivity contribution in [2.45, 2.75) is 44.1 Å². The number of piperidine rings is 1. The molecular formula is C27H34N6O5. The number of nitrogens with zero attached hydrogens (tertiary/aromatic N) is 6. The fourth-order valence-corrected chi connectivity index (χ4v) is 5.43. The molecule has 1 saturated heterocycles. The molecule has 0 bridgehead atoms. The normalized spacial score (nSPS) is 21.1. The molecule has 1 aliphatic carbocycles. The number of rotatable bonds is 8. The molecule has 1 fully saturated rings. The summed E-state index contributed by atoms with van der Waals surface area (Å²) in [6, 6.07) is 7.85. The smallest absolute Gasteiger partial charge is 0.295 e. The Labute approximate surface area is 222 Å². The predicted octanol–water partition coefficient (Wildman–Crippen LogP) is 2.50. The molecule has 1 amide bonds. The Balaban J connectivity index is 1.25. The summed E-state index contributed by atoms with van der Waals surface area (Å²) >= 11 is 0. The van der Waals surface area contributed by atoms with Gasteiger partial charge in [-0.25, -0.2) is 14.9 Å². The number of ether oxygens (including phenoxy) is 2. The second kappa shape index (κ2) is 10.9. The van der Waals surface area contributed by atoms with Gasteiger partial charge >= 0.3 is 0 Å². The number of fused-ring (bicyclic) bond motifs is 1. The van der Waals surface area contributed by atoms with E-state index in [1.54, 1.807) is 24.4 Å². The monoisotopic (exact) mass is 522 g/mol. The van der Waals surface area contributed by atoms with Gasteiger partial charge in [-0.15, -0.1) is 0 Å². The van der Waals surface area contributed by atoms with Crippen molar-refractivity contribution in [2.75, 3.05) is 51.1 Å². The molecule has 202 valence electrons. The van der Waals surface area contributed by atoms with Crippen LogP contribution in [0, 0.1) is 0 Å². The van der Waals surface area contributed by atoms with E-state index in [-0.39, 0.29) is 18.0 Å². The molecule has 1 unspecified atom stereocenters. The Bertz CT molecular complexity index is 1210. The summed E-state index contributed by atoms with van der Waals surface area (Å²) in [6.07, 6.45) is 5.95. The van der Waals surface area contributed by atoms with Gasteiger partial charge in [0, 0.05) is 58.1 Å². The molecule has 3 heterocycles. The summed E-state index contributed by atoms with van der Waals surface area (Å²) in [7, 11) is 7.29. The highest BCUT2D eigenvalue weighted by atomic mass is 16.8. The molecule has 1 aromatic heterocycles. The first-order valence-electron chi connectivity index (χ1n) is 12.9. The van der Waals surface area contributed by atoms with E-state index < -0.39 is 6.29 Å². The summed E-state index contributed by atoms with van der Waals surface area (Å²) in [6.45, 7) is 1.99. The Morgan fingerprint density at radius 2 is 1.95 bits per heavy atom. The van der Waals surface area contributed by atoms with E-state index in [1.807, 2.05) is 55.2 Å². The van der Waals surface area contributed by atoms with Crippen molar-refractivity contribution in [3.8, 4) is 0 Å². The highest BCUT2D eigenvalue weighted by Gasteiger charge is 2.38. The average molecular weight is 523 g/mol. The maximum absolute atomic E-state index is 13.5. The van der Waals surface area contributed by atoms with Crippen LogP contribution in [-0.2, 0) is 25.5 Å². The van der Waals surface area contributed by atoms with Crippen LogP contribution < -0.4 is 9.80 Å². The summed E-state index contributed by atoms with van der Waals surface area (Å²) in [5, 5.41) is 1.64. The fourth-order valence-electron chi connectivity index (χ4n) is 5.43. The van der Waals surface area contributed by atoms with E-state index in [0.717, 1.165) is 50.2 Å². The van der Waals surface area contributed by atoms with Crippen LogP contribution in [0.25, 0.3) is 0 Å². The van der Waals surface area contributed by atoms with Gasteiger partial charge in [0.25, 0.3) is 18.7 Å². The molecule has 2 aliphatic heterocycles. The summed E-state index contributed by atoms with van der Waals surface area (Å²) in [5.41, 5.74) is 2.84. The third-order valence-corrected chi connectivity index (χ3v) is 7.52. The maximum Gasteiger partial charge on any atom is 0.295 e. The average Bonchev–Trinajstić information content (AvgIpc) is 3.55. The summed E-state index contributed by atoms with van der Waals surface area (Å²) < 4.78 is 10.4. The molecule has 11 nitrogen and oxygen atoms in total. The standard InChI is InChI=1S/C27H34N6O5/c1-30(2)27-28-12-9-23(29-27)32-13-10-20(11-14-32)31(3)26(35)19-6-5-18-7-8-22(21(18)15-19)33-24(36-4)16-25(38-33)37-17-34/h5-6,9,12,15-17,20,22,25H,7-8,10-11,13-14H2,1-4H3/t22-,25?/m1/s1. The first-order chi connectivity index (χ1) is 18.4. The highest BCUT2D eigenvalue weighted by molar-refractivity contribution is 5.94. The quantitative estimate of drug-likeness (QED) is 0.481. The van der Waals surface area contributed by atoms with Crippen molar-refractivity contribution < 1.29 is 23.9 Å². The lowest BCUT2D eigenvalue weighted by molar-refractivity contribution is -0.244. The van der Waals surface area contributed by atoms with Gasteiger partial charge in [-0.2, -0.15) is 4.98 Å². The van der Waals surface area contributed by atoms with E-state index in [1.165, 1.54) is 5.56 Å². The van der Waals surface area contributed by atoms with Crippen molar-refractivity contribution in [1.29, 1.82) is 0 Å². The predicted molar refractivity (Wildman–Crippen MR) is 140 cm³/mol. The van der Waals surface area contributed by atoms with Crippen LogP contribution in [0.2, 0.25) is 0 Å².